The normalized spacial score (nSPS) is 29.0. The molecule has 0 radical (unpaired) electrons. The zero-order valence-electron chi connectivity index (χ0n) is 18.6. The van der Waals surface area contributed by atoms with Crippen molar-refractivity contribution in [1.29, 1.82) is 0 Å². The lowest BCUT2D eigenvalue weighted by atomic mass is 9.60. The van der Waals surface area contributed by atoms with Crippen LogP contribution >= 0.6 is 0 Å². The topological polar surface area (TPSA) is 101 Å². The summed E-state index contributed by atoms with van der Waals surface area (Å²) in [4.78, 5) is 4.54. The molecule has 2 aliphatic carbocycles. The van der Waals surface area contributed by atoms with Crippen molar-refractivity contribution in [3.63, 3.8) is 0 Å². The number of nitrogens with one attached hydrogen (secondary N) is 3. The van der Waals surface area contributed by atoms with Gasteiger partial charge in [0.05, 0.1) is 24.5 Å². The van der Waals surface area contributed by atoms with Crippen molar-refractivity contribution >= 4 is 16.0 Å². The fourth-order valence-corrected chi connectivity index (χ4v) is 6.03. The maximum absolute atomic E-state index is 12.3. The van der Waals surface area contributed by atoms with Gasteiger partial charge in [-0.3, -0.25) is 4.99 Å². The van der Waals surface area contributed by atoms with Crippen molar-refractivity contribution in [2.45, 2.75) is 83.5 Å². The fourth-order valence-electron chi connectivity index (χ4n) is 5.11. The van der Waals surface area contributed by atoms with Crippen LogP contribution in [0.4, 0.5) is 0 Å². The minimum Gasteiger partial charge on any atom is -0.378 e. The number of aliphatic imine (C=N–C) groups is 1. The molecule has 3 fully saturated rings. The molecule has 0 amide bonds. The molecular weight excluding hydrogens is 404 g/mol. The number of hydrogen-bond acceptors (Lipinski definition) is 5. The molecule has 9 heteroatoms. The van der Waals surface area contributed by atoms with Crippen LogP contribution in [0.25, 0.3) is 0 Å². The molecule has 30 heavy (non-hydrogen) atoms. The van der Waals surface area contributed by atoms with E-state index in [1.807, 2.05) is 6.92 Å². The molecule has 2 saturated carbocycles. The lowest BCUT2D eigenvalue weighted by molar-refractivity contribution is -0.125. The van der Waals surface area contributed by atoms with E-state index in [1.165, 1.54) is 25.7 Å². The van der Waals surface area contributed by atoms with Crippen molar-refractivity contribution in [3.05, 3.63) is 0 Å². The summed E-state index contributed by atoms with van der Waals surface area (Å²) < 4.78 is 38.9. The maximum atomic E-state index is 12.3. The molecular formula is C21H40N4O4S. The SMILES string of the molecule is CCNC(=NCCS(=O)(=O)NCC1CCCCO1)NC1CC(OCC)C12CCCC2. The Hall–Kier alpha value is -0.900. The number of hydrogen-bond donors (Lipinski definition) is 3. The minimum atomic E-state index is -3.36. The first kappa shape index (κ1) is 23.8. The summed E-state index contributed by atoms with van der Waals surface area (Å²) in [6.07, 6.45) is 9.28. The average molecular weight is 445 g/mol. The lowest BCUT2D eigenvalue weighted by Gasteiger charge is -2.54. The van der Waals surface area contributed by atoms with Crippen LogP contribution in [-0.2, 0) is 19.5 Å². The fraction of sp³-hybridized carbons (Fsp3) is 0.952. The highest BCUT2D eigenvalue weighted by Crippen LogP contribution is 2.54. The Morgan fingerprint density at radius 3 is 2.67 bits per heavy atom. The molecule has 0 bridgehead atoms. The first-order valence-corrected chi connectivity index (χ1v) is 13.4. The van der Waals surface area contributed by atoms with Gasteiger partial charge in [-0.15, -0.1) is 0 Å². The molecule has 0 aromatic rings. The Kier molecular flexibility index (Phi) is 8.80. The number of sulfonamides is 1. The highest BCUT2D eigenvalue weighted by molar-refractivity contribution is 7.89. The van der Waals surface area contributed by atoms with Gasteiger partial charge < -0.3 is 20.1 Å². The Labute approximate surface area is 182 Å². The maximum Gasteiger partial charge on any atom is 0.213 e. The Morgan fingerprint density at radius 1 is 1.20 bits per heavy atom. The van der Waals surface area contributed by atoms with Crippen LogP contribution in [0.3, 0.4) is 0 Å². The second-order valence-electron chi connectivity index (χ2n) is 8.73. The van der Waals surface area contributed by atoms with E-state index < -0.39 is 10.0 Å². The van der Waals surface area contributed by atoms with Gasteiger partial charge in [-0.05, 0) is 52.4 Å². The Morgan fingerprint density at radius 2 is 2.00 bits per heavy atom. The van der Waals surface area contributed by atoms with Crippen molar-refractivity contribution in [1.82, 2.24) is 15.4 Å². The van der Waals surface area contributed by atoms with Crippen LogP contribution < -0.4 is 15.4 Å². The zero-order chi connectivity index (χ0) is 21.5. The average Bonchev–Trinajstić information content (AvgIpc) is 3.25. The highest BCUT2D eigenvalue weighted by Gasteiger charge is 2.56. The first-order valence-electron chi connectivity index (χ1n) is 11.7. The molecule has 1 spiro atoms. The molecule has 0 aromatic carbocycles. The van der Waals surface area contributed by atoms with Gasteiger partial charge in [0, 0.05) is 37.8 Å². The number of nitrogens with zero attached hydrogens (tertiary/aromatic N) is 1. The summed E-state index contributed by atoms with van der Waals surface area (Å²) in [5.41, 5.74) is 0.208. The van der Waals surface area contributed by atoms with E-state index in [0.29, 0.717) is 24.7 Å². The quantitative estimate of drug-likeness (QED) is 0.351. The third-order valence-electron chi connectivity index (χ3n) is 6.78. The van der Waals surface area contributed by atoms with E-state index in [0.717, 1.165) is 45.4 Å². The largest absolute Gasteiger partial charge is 0.378 e. The number of ether oxygens (including phenoxy) is 2. The minimum absolute atomic E-state index is 0.00415. The molecule has 1 heterocycles. The van der Waals surface area contributed by atoms with E-state index in [1.54, 1.807) is 0 Å². The second-order valence-corrected chi connectivity index (χ2v) is 10.7. The van der Waals surface area contributed by atoms with E-state index in [-0.39, 0.29) is 23.8 Å². The van der Waals surface area contributed by atoms with E-state index in [4.69, 9.17) is 9.47 Å². The van der Waals surface area contributed by atoms with E-state index >= 15 is 0 Å². The third kappa shape index (κ3) is 6.08. The second kappa shape index (κ2) is 11.1. The monoisotopic (exact) mass is 444 g/mol. The van der Waals surface area contributed by atoms with Gasteiger partial charge in [-0.25, -0.2) is 13.1 Å². The first-order chi connectivity index (χ1) is 14.5. The van der Waals surface area contributed by atoms with Gasteiger partial charge in [0.2, 0.25) is 10.0 Å². The standard InChI is InChI=1S/C21H40N4O4S/c1-3-22-20(25-18-15-19(28-4-2)21(18)10-6-7-11-21)23-12-14-30(26,27)24-16-17-9-5-8-13-29-17/h17-19,24H,3-16H2,1-2H3,(H2,22,23,25). The Balaban J connectivity index is 1.49. The summed E-state index contributed by atoms with van der Waals surface area (Å²) in [5.74, 6) is 0.683. The predicted molar refractivity (Wildman–Crippen MR) is 119 cm³/mol. The van der Waals surface area contributed by atoms with Crippen LogP contribution in [0.2, 0.25) is 0 Å². The molecule has 3 atom stereocenters. The van der Waals surface area contributed by atoms with Crippen LogP contribution in [0.15, 0.2) is 4.99 Å². The molecule has 1 saturated heterocycles. The molecule has 3 rings (SSSR count). The summed E-state index contributed by atoms with van der Waals surface area (Å²) >= 11 is 0. The molecule has 1 aliphatic heterocycles. The van der Waals surface area contributed by atoms with E-state index in [9.17, 15) is 8.42 Å². The van der Waals surface area contributed by atoms with Crippen molar-refractivity contribution in [2.24, 2.45) is 10.4 Å². The molecule has 174 valence electrons. The molecule has 3 aliphatic rings. The van der Waals surface area contributed by atoms with Gasteiger partial charge in [0.25, 0.3) is 0 Å². The third-order valence-corrected chi connectivity index (χ3v) is 8.10. The van der Waals surface area contributed by atoms with Gasteiger partial charge in [0.15, 0.2) is 5.96 Å². The molecule has 3 unspecified atom stereocenters. The van der Waals surface area contributed by atoms with Crippen LogP contribution in [0.5, 0.6) is 0 Å². The van der Waals surface area contributed by atoms with Crippen molar-refractivity contribution in [3.8, 4) is 0 Å². The zero-order valence-corrected chi connectivity index (χ0v) is 19.4. The van der Waals surface area contributed by atoms with Gasteiger partial charge in [-0.2, -0.15) is 0 Å². The van der Waals surface area contributed by atoms with Crippen LogP contribution in [0, 0.1) is 5.41 Å². The summed E-state index contributed by atoms with van der Waals surface area (Å²) in [6.45, 7) is 6.88. The molecule has 0 aromatic heterocycles. The van der Waals surface area contributed by atoms with Gasteiger partial charge in [-0.1, -0.05) is 12.8 Å². The van der Waals surface area contributed by atoms with Crippen LogP contribution in [-0.4, -0.2) is 71.2 Å². The van der Waals surface area contributed by atoms with Gasteiger partial charge in [0.1, 0.15) is 0 Å². The lowest BCUT2D eigenvalue weighted by Crippen LogP contribution is -2.65. The van der Waals surface area contributed by atoms with Crippen LogP contribution in [0.1, 0.15) is 65.2 Å². The molecule has 8 nitrogen and oxygen atoms in total. The summed E-state index contributed by atoms with van der Waals surface area (Å²) in [5, 5.41) is 6.84. The molecule has 3 N–H and O–H groups in total. The number of guanidine groups is 1. The Bertz CT molecular complexity index is 658. The predicted octanol–water partition coefficient (Wildman–Crippen LogP) is 1.77. The van der Waals surface area contributed by atoms with Crippen molar-refractivity contribution in [2.75, 3.05) is 38.6 Å². The highest BCUT2D eigenvalue weighted by atomic mass is 32.2. The van der Waals surface area contributed by atoms with Gasteiger partial charge >= 0.3 is 0 Å². The summed E-state index contributed by atoms with van der Waals surface area (Å²) in [6, 6.07) is 0.340. The van der Waals surface area contributed by atoms with Crippen molar-refractivity contribution < 1.29 is 17.9 Å². The smallest absolute Gasteiger partial charge is 0.213 e. The van der Waals surface area contributed by atoms with E-state index in [2.05, 4.69) is 27.3 Å². The number of rotatable bonds is 10. The summed E-state index contributed by atoms with van der Waals surface area (Å²) in [7, 11) is -3.36.